The van der Waals surface area contributed by atoms with Gasteiger partial charge in [-0.2, -0.15) is 5.26 Å². The topological polar surface area (TPSA) is 23.8 Å². The van der Waals surface area contributed by atoms with Gasteiger partial charge in [0, 0.05) is 5.33 Å². The number of nitriles is 1. The monoisotopic (exact) mass is 227 g/mol. The average molecular weight is 228 g/mol. The van der Waals surface area contributed by atoms with Crippen LogP contribution < -0.4 is 0 Å². The van der Waals surface area contributed by atoms with E-state index in [9.17, 15) is 4.39 Å². The number of aryl methyl sites for hydroxylation is 1. The van der Waals surface area contributed by atoms with Crippen LogP contribution in [0, 0.1) is 17.1 Å². The molecule has 0 amide bonds. The van der Waals surface area contributed by atoms with E-state index in [0.29, 0.717) is 0 Å². The van der Waals surface area contributed by atoms with Gasteiger partial charge in [0.25, 0.3) is 0 Å². The minimum atomic E-state index is -0.434. The van der Waals surface area contributed by atoms with E-state index in [1.165, 1.54) is 12.1 Å². The zero-order chi connectivity index (χ0) is 8.97. The summed E-state index contributed by atoms with van der Waals surface area (Å²) in [4.78, 5) is 0. The molecule has 0 unspecified atom stereocenters. The van der Waals surface area contributed by atoms with Gasteiger partial charge in [-0.05, 0) is 24.1 Å². The fourth-order valence-corrected chi connectivity index (χ4v) is 1.37. The number of hydrogen-bond donors (Lipinski definition) is 0. The first-order valence-electron chi connectivity index (χ1n) is 3.52. The second kappa shape index (κ2) is 4.22. The maximum Gasteiger partial charge on any atom is 0.141 e. The molecule has 1 aromatic carbocycles. The molecule has 0 bridgehead atoms. The van der Waals surface area contributed by atoms with E-state index in [1.54, 1.807) is 12.1 Å². The Kier molecular flexibility index (Phi) is 3.24. The first-order chi connectivity index (χ1) is 5.77. The van der Waals surface area contributed by atoms with Crippen molar-refractivity contribution < 1.29 is 4.39 Å². The van der Waals surface area contributed by atoms with E-state index in [2.05, 4.69) is 15.9 Å². The smallest absolute Gasteiger partial charge is 0.141 e. The molecule has 0 aliphatic heterocycles. The highest BCUT2D eigenvalue weighted by Crippen LogP contribution is 2.10. The van der Waals surface area contributed by atoms with Crippen LogP contribution in [0.25, 0.3) is 0 Å². The molecular formula is C9H7BrFN. The molecule has 0 aromatic heterocycles. The second-order valence-electron chi connectivity index (χ2n) is 2.36. The third-order valence-electron chi connectivity index (χ3n) is 1.54. The Labute approximate surface area is 79.0 Å². The molecule has 3 heteroatoms. The van der Waals surface area contributed by atoms with Crippen LogP contribution in [0.4, 0.5) is 4.39 Å². The van der Waals surface area contributed by atoms with Crippen LogP contribution in [0.5, 0.6) is 0 Å². The van der Waals surface area contributed by atoms with Gasteiger partial charge in [-0.3, -0.25) is 0 Å². The van der Waals surface area contributed by atoms with Crippen molar-refractivity contribution in [1.29, 1.82) is 5.26 Å². The third kappa shape index (κ3) is 2.05. The molecule has 12 heavy (non-hydrogen) atoms. The number of rotatable bonds is 2. The van der Waals surface area contributed by atoms with Gasteiger partial charge >= 0.3 is 0 Å². The van der Waals surface area contributed by atoms with Gasteiger partial charge in [-0.1, -0.05) is 22.0 Å². The maximum absolute atomic E-state index is 12.9. The predicted octanol–water partition coefficient (Wildman–Crippen LogP) is 2.63. The average Bonchev–Trinajstić information content (AvgIpc) is 2.05. The lowest BCUT2D eigenvalue weighted by molar-refractivity contribution is 0.622. The lowest BCUT2D eigenvalue weighted by Crippen LogP contribution is -1.89. The summed E-state index contributed by atoms with van der Waals surface area (Å²) >= 11 is 3.26. The summed E-state index contributed by atoms with van der Waals surface area (Å²) in [6, 6.07) is 6.45. The van der Waals surface area contributed by atoms with E-state index in [0.717, 1.165) is 17.3 Å². The van der Waals surface area contributed by atoms with Crippen molar-refractivity contribution in [2.45, 2.75) is 6.42 Å². The quantitative estimate of drug-likeness (QED) is 0.713. The summed E-state index contributed by atoms with van der Waals surface area (Å²) in [7, 11) is 0. The number of alkyl halides is 1. The van der Waals surface area contributed by atoms with Crippen LogP contribution in [0.15, 0.2) is 18.2 Å². The van der Waals surface area contributed by atoms with Crippen molar-refractivity contribution in [2.24, 2.45) is 0 Å². The van der Waals surface area contributed by atoms with Crippen LogP contribution in [0.2, 0.25) is 0 Å². The molecule has 0 radical (unpaired) electrons. The van der Waals surface area contributed by atoms with Gasteiger partial charge in [0.15, 0.2) is 0 Å². The summed E-state index contributed by atoms with van der Waals surface area (Å²) in [5, 5.41) is 9.24. The molecule has 0 N–H and O–H groups in total. The highest BCUT2D eigenvalue weighted by molar-refractivity contribution is 9.09. The van der Waals surface area contributed by atoms with Crippen molar-refractivity contribution in [3.05, 3.63) is 35.1 Å². The Morgan fingerprint density at radius 1 is 1.50 bits per heavy atom. The molecule has 62 valence electrons. The Morgan fingerprint density at radius 2 is 2.25 bits per heavy atom. The number of benzene rings is 1. The zero-order valence-corrected chi connectivity index (χ0v) is 7.94. The molecule has 0 fully saturated rings. The van der Waals surface area contributed by atoms with Crippen molar-refractivity contribution in [2.75, 3.05) is 5.33 Å². The molecule has 0 aliphatic carbocycles. The SMILES string of the molecule is N#Cc1ccc(CCBr)cc1F. The van der Waals surface area contributed by atoms with Gasteiger partial charge in [-0.15, -0.1) is 0 Å². The normalized spacial score (nSPS) is 9.42. The number of halogens is 2. The fraction of sp³-hybridized carbons (Fsp3) is 0.222. The largest absolute Gasteiger partial charge is 0.206 e. The van der Waals surface area contributed by atoms with E-state index < -0.39 is 5.82 Å². The Bertz CT molecular complexity index is 317. The van der Waals surface area contributed by atoms with Crippen LogP contribution in [0.1, 0.15) is 11.1 Å². The minimum absolute atomic E-state index is 0.105. The highest BCUT2D eigenvalue weighted by Gasteiger charge is 2.01. The molecule has 0 atom stereocenters. The summed E-state index contributed by atoms with van der Waals surface area (Å²) < 4.78 is 12.9. The molecule has 0 saturated heterocycles. The summed E-state index contributed by atoms with van der Waals surface area (Å²) in [6.07, 6.45) is 0.780. The van der Waals surface area contributed by atoms with Crippen LogP contribution >= 0.6 is 15.9 Å². The Hall–Kier alpha value is -0.880. The first kappa shape index (κ1) is 9.21. The Morgan fingerprint density at radius 3 is 2.75 bits per heavy atom. The van der Waals surface area contributed by atoms with Crippen molar-refractivity contribution in [3.8, 4) is 6.07 Å². The summed E-state index contributed by atoms with van der Waals surface area (Å²) in [5.74, 6) is -0.434. The zero-order valence-electron chi connectivity index (χ0n) is 6.35. The fourth-order valence-electron chi connectivity index (χ4n) is 0.914. The lowest BCUT2D eigenvalue weighted by atomic mass is 10.1. The van der Waals surface area contributed by atoms with Gasteiger partial charge in [0.2, 0.25) is 0 Å². The van der Waals surface area contributed by atoms with Crippen molar-refractivity contribution >= 4 is 15.9 Å². The lowest BCUT2D eigenvalue weighted by Gasteiger charge is -1.98. The van der Waals surface area contributed by atoms with E-state index in [-0.39, 0.29) is 5.56 Å². The third-order valence-corrected chi connectivity index (χ3v) is 1.93. The maximum atomic E-state index is 12.9. The minimum Gasteiger partial charge on any atom is -0.206 e. The second-order valence-corrected chi connectivity index (χ2v) is 3.16. The summed E-state index contributed by atoms with van der Waals surface area (Å²) in [5.41, 5.74) is 1.01. The van der Waals surface area contributed by atoms with Gasteiger partial charge in [0.05, 0.1) is 5.56 Å². The van der Waals surface area contributed by atoms with E-state index >= 15 is 0 Å². The molecule has 0 heterocycles. The molecule has 1 aromatic rings. The van der Waals surface area contributed by atoms with Gasteiger partial charge in [-0.25, -0.2) is 4.39 Å². The van der Waals surface area contributed by atoms with Gasteiger partial charge in [0.1, 0.15) is 11.9 Å². The van der Waals surface area contributed by atoms with Crippen LogP contribution in [0.3, 0.4) is 0 Å². The standard InChI is InChI=1S/C9H7BrFN/c10-4-3-7-1-2-8(6-12)9(11)5-7/h1-2,5H,3-4H2. The Balaban J connectivity index is 2.96. The number of hydrogen-bond acceptors (Lipinski definition) is 1. The van der Waals surface area contributed by atoms with Crippen molar-refractivity contribution in [1.82, 2.24) is 0 Å². The summed E-state index contributed by atoms with van der Waals surface area (Å²) in [6.45, 7) is 0. The highest BCUT2D eigenvalue weighted by atomic mass is 79.9. The molecular weight excluding hydrogens is 221 g/mol. The van der Waals surface area contributed by atoms with Crippen LogP contribution in [-0.4, -0.2) is 5.33 Å². The molecule has 0 aliphatic rings. The molecule has 1 rings (SSSR count). The number of nitrogens with zero attached hydrogens (tertiary/aromatic N) is 1. The van der Waals surface area contributed by atoms with Gasteiger partial charge < -0.3 is 0 Å². The van der Waals surface area contributed by atoms with Crippen LogP contribution in [-0.2, 0) is 6.42 Å². The van der Waals surface area contributed by atoms with E-state index in [4.69, 9.17) is 5.26 Å². The predicted molar refractivity (Wildman–Crippen MR) is 48.6 cm³/mol. The van der Waals surface area contributed by atoms with Crippen molar-refractivity contribution in [3.63, 3.8) is 0 Å². The first-order valence-corrected chi connectivity index (χ1v) is 4.64. The molecule has 0 saturated carbocycles. The molecule has 0 spiro atoms. The van der Waals surface area contributed by atoms with E-state index in [1.807, 2.05) is 0 Å². The molecule has 1 nitrogen and oxygen atoms in total.